The number of piperidine rings is 1. The summed E-state index contributed by atoms with van der Waals surface area (Å²) in [5.74, 6) is 1.63. The van der Waals surface area contributed by atoms with E-state index in [0.29, 0.717) is 0 Å². The van der Waals surface area contributed by atoms with Crippen LogP contribution in [-0.4, -0.2) is 36.6 Å². The largest absolute Gasteiger partial charge is 0.497 e. The third-order valence-electron chi connectivity index (χ3n) is 6.22. The second-order valence-electron chi connectivity index (χ2n) is 9.20. The lowest BCUT2D eigenvalue weighted by Gasteiger charge is -2.39. The SMILES string of the molecule is COc1ccc2c(c1)OC(C)(C)C[C@@H]2NC(=O)[C@@H]1CCCN(Cc2ccccc2Cl)C1. The average Bonchev–Trinajstić information content (AvgIpc) is 2.74. The van der Waals surface area contributed by atoms with Gasteiger partial charge >= 0.3 is 0 Å². The number of halogens is 1. The molecule has 0 saturated carbocycles. The molecule has 2 heterocycles. The second kappa shape index (κ2) is 9.09. The highest BCUT2D eigenvalue weighted by Gasteiger charge is 2.36. The van der Waals surface area contributed by atoms with Crippen LogP contribution in [0.2, 0.25) is 5.02 Å². The van der Waals surface area contributed by atoms with Gasteiger partial charge < -0.3 is 14.8 Å². The minimum absolute atomic E-state index is 0.0242. The van der Waals surface area contributed by atoms with Crippen molar-refractivity contribution in [1.82, 2.24) is 10.2 Å². The molecule has 1 saturated heterocycles. The van der Waals surface area contributed by atoms with E-state index in [9.17, 15) is 4.79 Å². The van der Waals surface area contributed by atoms with Crippen LogP contribution >= 0.6 is 11.6 Å². The van der Waals surface area contributed by atoms with Gasteiger partial charge in [-0.05, 0) is 57.0 Å². The van der Waals surface area contributed by atoms with Gasteiger partial charge in [0.1, 0.15) is 17.1 Å². The molecule has 1 amide bonds. The molecule has 5 nitrogen and oxygen atoms in total. The summed E-state index contributed by atoms with van der Waals surface area (Å²) in [6.07, 6.45) is 2.65. The minimum atomic E-state index is -0.361. The topological polar surface area (TPSA) is 50.8 Å². The lowest BCUT2D eigenvalue weighted by Crippen LogP contribution is -2.46. The van der Waals surface area contributed by atoms with E-state index in [1.54, 1.807) is 7.11 Å². The third-order valence-corrected chi connectivity index (χ3v) is 6.59. The predicted molar refractivity (Wildman–Crippen MR) is 123 cm³/mol. The molecule has 0 spiro atoms. The fourth-order valence-electron chi connectivity index (χ4n) is 4.66. The molecule has 4 rings (SSSR count). The summed E-state index contributed by atoms with van der Waals surface area (Å²) in [5, 5.41) is 4.10. The molecule has 31 heavy (non-hydrogen) atoms. The van der Waals surface area contributed by atoms with Crippen molar-refractivity contribution in [2.75, 3.05) is 20.2 Å². The number of fused-ring (bicyclic) bond motifs is 1. The van der Waals surface area contributed by atoms with E-state index in [-0.39, 0.29) is 23.5 Å². The number of amides is 1. The van der Waals surface area contributed by atoms with Gasteiger partial charge in [0.15, 0.2) is 0 Å². The van der Waals surface area contributed by atoms with Crippen molar-refractivity contribution in [2.24, 2.45) is 5.92 Å². The zero-order chi connectivity index (χ0) is 22.0. The Labute approximate surface area is 189 Å². The Hall–Kier alpha value is -2.24. The normalized spacial score (nSPS) is 22.8. The van der Waals surface area contributed by atoms with Gasteiger partial charge in [0.2, 0.25) is 5.91 Å². The Morgan fingerprint density at radius 3 is 2.87 bits per heavy atom. The standard InChI is InChI=1S/C25H31ClN2O3/c1-25(2)14-22(20-11-10-19(30-3)13-23(20)31-25)27-24(29)18-8-6-12-28(16-18)15-17-7-4-5-9-21(17)26/h4-5,7,9-11,13,18,22H,6,8,12,14-16H2,1-3H3,(H,27,29)/t18-,22+/m1/s1. The Kier molecular flexibility index (Phi) is 6.44. The van der Waals surface area contributed by atoms with Gasteiger partial charge in [0.25, 0.3) is 0 Å². The van der Waals surface area contributed by atoms with E-state index < -0.39 is 0 Å². The summed E-state index contributed by atoms with van der Waals surface area (Å²) in [7, 11) is 1.65. The van der Waals surface area contributed by atoms with E-state index in [2.05, 4.69) is 30.1 Å². The van der Waals surface area contributed by atoms with E-state index in [1.807, 2.05) is 36.4 Å². The summed E-state index contributed by atoms with van der Waals surface area (Å²) in [4.78, 5) is 15.6. The van der Waals surface area contributed by atoms with E-state index >= 15 is 0 Å². The summed E-state index contributed by atoms with van der Waals surface area (Å²) in [6, 6.07) is 13.7. The predicted octanol–water partition coefficient (Wildman–Crippen LogP) is 4.98. The number of benzene rings is 2. The maximum Gasteiger partial charge on any atom is 0.224 e. The van der Waals surface area contributed by atoms with E-state index in [0.717, 1.165) is 66.5 Å². The van der Waals surface area contributed by atoms with E-state index in [1.165, 1.54) is 0 Å². The van der Waals surface area contributed by atoms with Gasteiger partial charge in [-0.15, -0.1) is 0 Å². The van der Waals surface area contributed by atoms with Crippen LogP contribution in [-0.2, 0) is 11.3 Å². The first-order chi connectivity index (χ1) is 14.8. The number of carbonyl (C=O) groups is 1. The number of ether oxygens (including phenoxy) is 2. The zero-order valence-electron chi connectivity index (χ0n) is 18.5. The average molecular weight is 443 g/mol. The molecule has 0 unspecified atom stereocenters. The fraction of sp³-hybridized carbons (Fsp3) is 0.480. The maximum absolute atomic E-state index is 13.2. The molecule has 2 aromatic carbocycles. The van der Waals surface area contributed by atoms with Gasteiger partial charge in [-0.3, -0.25) is 9.69 Å². The maximum atomic E-state index is 13.2. The molecule has 0 radical (unpaired) electrons. The molecule has 0 aromatic heterocycles. The number of rotatable bonds is 5. The smallest absolute Gasteiger partial charge is 0.224 e. The molecule has 2 atom stereocenters. The molecule has 166 valence electrons. The molecule has 2 aliphatic rings. The lowest BCUT2D eigenvalue weighted by atomic mass is 9.88. The Balaban J connectivity index is 1.44. The van der Waals surface area contributed by atoms with Crippen LogP contribution in [0.5, 0.6) is 11.5 Å². The summed E-state index contributed by atoms with van der Waals surface area (Å²) in [6.45, 7) is 6.62. The quantitative estimate of drug-likeness (QED) is 0.709. The monoisotopic (exact) mass is 442 g/mol. The van der Waals surface area contributed by atoms with Crippen molar-refractivity contribution in [3.8, 4) is 11.5 Å². The van der Waals surface area contributed by atoms with Gasteiger partial charge in [0, 0.05) is 36.2 Å². The van der Waals surface area contributed by atoms with Crippen LogP contribution in [0, 0.1) is 5.92 Å². The molecule has 1 N–H and O–H groups in total. The number of nitrogens with zero attached hydrogens (tertiary/aromatic N) is 1. The van der Waals surface area contributed by atoms with Crippen LogP contribution in [0.15, 0.2) is 42.5 Å². The van der Waals surface area contributed by atoms with Crippen LogP contribution < -0.4 is 14.8 Å². The summed E-state index contributed by atoms with van der Waals surface area (Å²) >= 11 is 6.34. The van der Waals surface area contributed by atoms with Crippen molar-refractivity contribution in [2.45, 2.75) is 51.3 Å². The van der Waals surface area contributed by atoms with Crippen molar-refractivity contribution >= 4 is 17.5 Å². The van der Waals surface area contributed by atoms with Gasteiger partial charge in [-0.1, -0.05) is 29.8 Å². The second-order valence-corrected chi connectivity index (χ2v) is 9.60. The molecule has 1 fully saturated rings. The molecule has 2 aromatic rings. The number of hydrogen-bond donors (Lipinski definition) is 1. The van der Waals surface area contributed by atoms with Crippen molar-refractivity contribution in [1.29, 1.82) is 0 Å². The number of nitrogens with one attached hydrogen (secondary N) is 1. The molecule has 6 heteroatoms. The Bertz CT molecular complexity index is 946. The summed E-state index contributed by atoms with van der Waals surface area (Å²) in [5.41, 5.74) is 1.76. The number of hydrogen-bond acceptors (Lipinski definition) is 4. The number of methoxy groups -OCH3 is 1. The molecule has 0 aliphatic carbocycles. The Morgan fingerprint density at radius 1 is 1.29 bits per heavy atom. The van der Waals surface area contributed by atoms with Crippen LogP contribution in [0.25, 0.3) is 0 Å². The minimum Gasteiger partial charge on any atom is -0.497 e. The molecular formula is C25H31ClN2O3. The van der Waals surface area contributed by atoms with Crippen molar-refractivity contribution in [3.63, 3.8) is 0 Å². The number of likely N-dealkylation sites (tertiary alicyclic amines) is 1. The van der Waals surface area contributed by atoms with Gasteiger partial charge in [-0.2, -0.15) is 0 Å². The van der Waals surface area contributed by atoms with Gasteiger partial charge in [0.05, 0.1) is 19.1 Å². The first kappa shape index (κ1) is 22.0. The highest BCUT2D eigenvalue weighted by Crippen LogP contribution is 2.41. The van der Waals surface area contributed by atoms with E-state index in [4.69, 9.17) is 21.1 Å². The fourth-order valence-corrected chi connectivity index (χ4v) is 4.85. The molecule has 0 bridgehead atoms. The van der Waals surface area contributed by atoms with Crippen molar-refractivity contribution < 1.29 is 14.3 Å². The Morgan fingerprint density at radius 2 is 2.10 bits per heavy atom. The zero-order valence-corrected chi connectivity index (χ0v) is 19.2. The molecular weight excluding hydrogens is 412 g/mol. The highest BCUT2D eigenvalue weighted by atomic mass is 35.5. The van der Waals surface area contributed by atoms with Gasteiger partial charge in [-0.25, -0.2) is 0 Å². The van der Waals surface area contributed by atoms with Crippen LogP contribution in [0.1, 0.15) is 50.3 Å². The first-order valence-electron chi connectivity index (χ1n) is 11.0. The molecule has 2 aliphatic heterocycles. The van der Waals surface area contributed by atoms with Crippen molar-refractivity contribution in [3.05, 3.63) is 58.6 Å². The van der Waals surface area contributed by atoms with Crippen LogP contribution in [0.4, 0.5) is 0 Å². The van der Waals surface area contributed by atoms with Crippen LogP contribution in [0.3, 0.4) is 0 Å². The first-order valence-corrected chi connectivity index (χ1v) is 11.4. The number of carbonyl (C=O) groups excluding carboxylic acids is 1. The summed E-state index contributed by atoms with van der Waals surface area (Å²) < 4.78 is 11.5. The lowest BCUT2D eigenvalue weighted by molar-refractivity contribution is -0.128. The third kappa shape index (κ3) is 5.16. The highest BCUT2D eigenvalue weighted by molar-refractivity contribution is 6.31.